The molecule has 0 bridgehead atoms. The van der Waals surface area contributed by atoms with Crippen molar-refractivity contribution >= 4 is 72.0 Å². The molecule has 0 fully saturated rings. The molecule has 42 heavy (non-hydrogen) atoms. The topological polar surface area (TPSA) is 225 Å². The molecule has 0 atom stereocenters. The molecule has 0 aromatic heterocycles. The number of azo groups is 2. The lowest BCUT2D eigenvalue weighted by atomic mass is 10.0. The van der Waals surface area contributed by atoms with E-state index in [4.69, 9.17) is 5.73 Å². The molecule has 0 saturated carbocycles. The SMILES string of the molecule is Nc1ccc2cc(S(=O)(=O)O)c(N=Nc3ccc(N=Nc4ccccc4C(=O)O)c4cc(C(=O)O)ccc34)c(O)c2c1. The van der Waals surface area contributed by atoms with Crippen LogP contribution in [0, 0.1) is 0 Å². The number of phenolic OH excluding ortho intramolecular Hbond substituents is 1. The minimum absolute atomic E-state index is 0.0708. The van der Waals surface area contributed by atoms with Crippen LogP contribution in [0.4, 0.5) is 28.4 Å². The summed E-state index contributed by atoms with van der Waals surface area (Å²) in [7, 11) is -4.85. The van der Waals surface area contributed by atoms with Crippen molar-refractivity contribution in [2.45, 2.75) is 4.90 Å². The lowest BCUT2D eigenvalue weighted by molar-refractivity contribution is 0.0686. The van der Waals surface area contributed by atoms with Gasteiger partial charge in [-0.2, -0.15) is 8.42 Å². The maximum atomic E-state index is 12.1. The van der Waals surface area contributed by atoms with Crippen molar-refractivity contribution < 1.29 is 37.9 Å². The van der Waals surface area contributed by atoms with E-state index in [1.54, 1.807) is 6.07 Å². The number of benzene rings is 5. The standard InChI is InChI=1S/C28H19N5O8S/c29-16-7-5-14-12-24(42(39,40)41)25(26(34)19(14)13-16)33-32-22-9-10-23(20-11-15(27(35)36)6-8-17(20)22)31-30-21-4-2-1-3-18(21)28(37)38/h1-13,34H,29H2,(H,35,36)(H,37,38)(H,39,40,41). The molecule has 0 heterocycles. The molecule has 0 unspecified atom stereocenters. The van der Waals surface area contributed by atoms with E-state index in [1.165, 1.54) is 66.7 Å². The Labute approximate surface area is 236 Å². The maximum absolute atomic E-state index is 12.1. The molecule has 5 rings (SSSR count). The Balaban J connectivity index is 1.67. The second-order valence-corrected chi connectivity index (χ2v) is 10.3. The van der Waals surface area contributed by atoms with E-state index >= 15 is 0 Å². The summed E-state index contributed by atoms with van der Waals surface area (Å²) in [6, 6.07) is 18.3. The summed E-state index contributed by atoms with van der Waals surface area (Å²) in [5.41, 5.74) is 5.75. The average Bonchev–Trinajstić information content (AvgIpc) is 2.95. The number of carbonyl (C=O) groups is 2. The third-order valence-electron chi connectivity index (χ3n) is 6.23. The zero-order valence-corrected chi connectivity index (χ0v) is 22.0. The number of nitrogens with two attached hydrogens (primary N) is 1. The largest absolute Gasteiger partial charge is 0.505 e. The maximum Gasteiger partial charge on any atom is 0.337 e. The summed E-state index contributed by atoms with van der Waals surface area (Å²) in [6.07, 6.45) is 0. The normalized spacial score (nSPS) is 12.0. The Kier molecular flexibility index (Phi) is 7.08. The summed E-state index contributed by atoms with van der Waals surface area (Å²) in [4.78, 5) is 22.5. The van der Waals surface area contributed by atoms with Crippen LogP contribution in [0.15, 0.2) is 104 Å². The Morgan fingerprint density at radius 3 is 2.05 bits per heavy atom. The van der Waals surface area contributed by atoms with Gasteiger partial charge in [0, 0.05) is 21.8 Å². The molecule has 0 aliphatic rings. The van der Waals surface area contributed by atoms with Crippen molar-refractivity contribution in [1.29, 1.82) is 0 Å². The Bertz CT molecular complexity index is 2110. The number of carboxylic acid groups (broad SMARTS) is 2. The zero-order chi connectivity index (χ0) is 30.2. The van der Waals surface area contributed by atoms with Crippen molar-refractivity contribution in [3.63, 3.8) is 0 Å². The number of fused-ring (bicyclic) bond motifs is 2. The molecule has 0 aliphatic heterocycles. The van der Waals surface area contributed by atoms with Crippen LogP contribution >= 0.6 is 0 Å². The molecule has 0 spiro atoms. The van der Waals surface area contributed by atoms with Crippen molar-refractivity contribution in [2.24, 2.45) is 20.5 Å². The summed E-state index contributed by atoms with van der Waals surface area (Å²) in [5.74, 6) is -3.01. The molecule has 6 N–H and O–H groups in total. The second-order valence-electron chi connectivity index (χ2n) is 8.92. The first-order valence-corrected chi connectivity index (χ1v) is 13.4. The van der Waals surface area contributed by atoms with Gasteiger partial charge in [0.15, 0.2) is 5.75 Å². The molecule has 14 heteroatoms. The number of anilines is 1. The Hall–Kier alpha value is -5.73. The molecule has 0 aliphatic carbocycles. The van der Waals surface area contributed by atoms with E-state index in [0.717, 1.165) is 6.07 Å². The molecule has 210 valence electrons. The first-order valence-electron chi connectivity index (χ1n) is 11.9. The van der Waals surface area contributed by atoms with Crippen LogP contribution in [0.3, 0.4) is 0 Å². The van der Waals surface area contributed by atoms with E-state index in [-0.39, 0.29) is 50.0 Å². The predicted octanol–water partition coefficient (Wildman–Crippen LogP) is 6.75. The monoisotopic (exact) mass is 585 g/mol. The average molecular weight is 586 g/mol. The first-order chi connectivity index (χ1) is 19.9. The molecule has 13 nitrogen and oxygen atoms in total. The van der Waals surface area contributed by atoms with Crippen LogP contribution in [0.1, 0.15) is 20.7 Å². The van der Waals surface area contributed by atoms with Gasteiger partial charge < -0.3 is 21.1 Å². The minimum Gasteiger partial charge on any atom is -0.505 e. The first kappa shape index (κ1) is 27.8. The lowest BCUT2D eigenvalue weighted by Gasteiger charge is -2.10. The van der Waals surface area contributed by atoms with Crippen LogP contribution in [-0.2, 0) is 10.1 Å². The molecule has 5 aromatic rings. The summed E-state index contributed by atoms with van der Waals surface area (Å²) >= 11 is 0. The van der Waals surface area contributed by atoms with E-state index in [9.17, 15) is 37.9 Å². The molecular formula is C28H19N5O8S. The van der Waals surface area contributed by atoms with Crippen molar-refractivity contribution in [2.75, 3.05) is 5.73 Å². The number of nitrogen functional groups attached to an aromatic ring is 1. The van der Waals surface area contributed by atoms with Crippen LogP contribution < -0.4 is 5.73 Å². The third-order valence-corrected chi connectivity index (χ3v) is 7.10. The number of nitrogens with zero attached hydrogens (tertiary/aromatic N) is 4. The molecule has 0 amide bonds. The van der Waals surface area contributed by atoms with Crippen LogP contribution in [-0.4, -0.2) is 40.2 Å². The van der Waals surface area contributed by atoms with Crippen LogP contribution in [0.5, 0.6) is 5.75 Å². The quantitative estimate of drug-likeness (QED) is 0.0771. The highest BCUT2D eigenvalue weighted by Crippen LogP contribution is 2.43. The van der Waals surface area contributed by atoms with Gasteiger partial charge in [0.1, 0.15) is 16.3 Å². The number of aromatic carboxylic acids is 2. The van der Waals surface area contributed by atoms with Gasteiger partial charge in [0.25, 0.3) is 10.1 Å². The number of hydrogen-bond donors (Lipinski definition) is 5. The molecule has 5 aromatic carbocycles. The highest BCUT2D eigenvalue weighted by molar-refractivity contribution is 7.86. The van der Waals surface area contributed by atoms with Gasteiger partial charge in [0.2, 0.25) is 0 Å². The molecule has 0 radical (unpaired) electrons. The van der Waals surface area contributed by atoms with Crippen molar-refractivity contribution in [1.82, 2.24) is 0 Å². The number of aromatic hydroxyl groups is 1. The van der Waals surface area contributed by atoms with Gasteiger partial charge in [-0.3, -0.25) is 4.55 Å². The number of carboxylic acids is 2. The van der Waals surface area contributed by atoms with Gasteiger partial charge in [0.05, 0.1) is 22.5 Å². The van der Waals surface area contributed by atoms with Crippen molar-refractivity contribution in [3.05, 3.63) is 90.0 Å². The van der Waals surface area contributed by atoms with E-state index < -0.39 is 38.4 Å². The fourth-order valence-corrected chi connectivity index (χ4v) is 4.89. The van der Waals surface area contributed by atoms with E-state index in [1.807, 2.05) is 0 Å². The smallest absolute Gasteiger partial charge is 0.337 e. The molecular weight excluding hydrogens is 566 g/mol. The Morgan fingerprint density at radius 2 is 1.36 bits per heavy atom. The third kappa shape index (κ3) is 5.34. The Morgan fingerprint density at radius 1 is 0.690 bits per heavy atom. The minimum atomic E-state index is -4.85. The van der Waals surface area contributed by atoms with Gasteiger partial charge in [-0.15, -0.1) is 20.5 Å². The summed E-state index contributed by atoms with van der Waals surface area (Å²) in [6.45, 7) is 0. The highest BCUT2D eigenvalue weighted by atomic mass is 32.2. The van der Waals surface area contributed by atoms with Gasteiger partial charge in [-0.05, 0) is 60.0 Å². The van der Waals surface area contributed by atoms with Gasteiger partial charge >= 0.3 is 11.9 Å². The zero-order valence-electron chi connectivity index (χ0n) is 21.2. The summed E-state index contributed by atoms with van der Waals surface area (Å²) in [5, 5.41) is 47.1. The highest BCUT2D eigenvalue weighted by Gasteiger charge is 2.22. The summed E-state index contributed by atoms with van der Waals surface area (Å²) < 4.78 is 34.1. The lowest BCUT2D eigenvalue weighted by Crippen LogP contribution is -1.99. The second kappa shape index (κ2) is 10.7. The number of rotatable bonds is 7. The van der Waals surface area contributed by atoms with Gasteiger partial charge in [-0.1, -0.05) is 24.3 Å². The van der Waals surface area contributed by atoms with E-state index in [2.05, 4.69) is 20.5 Å². The van der Waals surface area contributed by atoms with E-state index in [0.29, 0.717) is 5.39 Å². The van der Waals surface area contributed by atoms with Crippen LogP contribution in [0.25, 0.3) is 21.5 Å². The van der Waals surface area contributed by atoms with Crippen LogP contribution in [0.2, 0.25) is 0 Å². The fraction of sp³-hybridized carbons (Fsp3) is 0. The fourth-order valence-electron chi connectivity index (χ4n) is 4.23. The molecule has 0 saturated heterocycles. The van der Waals surface area contributed by atoms with Gasteiger partial charge in [-0.25, -0.2) is 9.59 Å². The van der Waals surface area contributed by atoms with Crippen molar-refractivity contribution in [3.8, 4) is 5.75 Å². The number of hydrogen-bond acceptors (Lipinski definition) is 10. The number of phenols is 1. The predicted molar refractivity (Wildman–Crippen MR) is 153 cm³/mol.